The molecule has 344 valence electrons. The summed E-state index contributed by atoms with van der Waals surface area (Å²) >= 11 is 0. The van der Waals surface area contributed by atoms with E-state index < -0.39 is 6.10 Å². The van der Waals surface area contributed by atoms with Gasteiger partial charge in [0.1, 0.15) is 6.61 Å². The lowest BCUT2D eigenvalue weighted by Gasteiger charge is -2.18. The summed E-state index contributed by atoms with van der Waals surface area (Å²) in [6, 6.07) is 0. The Morgan fingerprint density at radius 3 is 1.22 bits per heavy atom. The second-order valence-electron chi connectivity index (χ2n) is 16.3. The minimum absolute atomic E-state index is 0.0637. The van der Waals surface area contributed by atoms with Crippen LogP contribution >= 0.6 is 0 Å². The van der Waals surface area contributed by atoms with E-state index in [4.69, 9.17) is 14.2 Å². The van der Waals surface area contributed by atoms with Crippen LogP contribution in [0.15, 0.2) is 85.1 Å². The number of ether oxygens (including phenoxy) is 3. The van der Waals surface area contributed by atoms with E-state index in [0.29, 0.717) is 19.4 Å². The summed E-state index contributed by atoms with van der Waals surface area (Å²) in [6.07, 6.45) is 65.9. The molecule has 0 rings (SSSR count). The maximum Gasteiger partial charge on any atom is 0.306 e. The molecule has 0 amide bonds. The third-order valence-corrected chi connectivity index (χ3v) is 10.4. The number of carbonyl (C=O) groups is 2. The fraction of sp³-hybridized carbons (Fsp3) is 0.709. The molecule has 0 aliphatic carbocycles. The molecule has 5 heteroatoms. The number of rotatable bonds is 45. The van der Waals surface area contributed by atoms with Gasteiger partial charge >= 0.3 is 11.9 Å². The molecule has 0 aliphatic rings. The van der Waals surface area contributed by atoms with E-state index in [0.717, 1.165) is 96.3 Å². The van der Waals surface area contributed by atoms with Crippen LogP contribution in [-0.2, 0) is 23.8 Å². The molecule has 0 aromatic carbocycles. The molecule has 1 atom stereocenters. The lowest BCUT2D eigenvalue weighted by molar-refractivity contribution is -0.163. The van der Waals surface area contributed by atoms with Crippen LogP contribution in [0.3, 0.4) is 0 Å². The normalized spacial score (nSPS) is 12.9. The quantitative estimate of drug-likeness (QED) is 0.0347. The van der Waals surface area contributed by atoms with Crippen molar-refractivity contribution in [3.8, 4) is 0 Å². The summed E-state index contributed by atoms with van der Waals surface area (Å²) in [4.78, 5) is 25.3. The van der Waals surface area contributed by atoms with Crippen LogP contribution in [0.1, 0.15) is 226 Å². The highest BCUT2D eigenvalue weighted by Gasteiger charge is 2.17. The molecule has 0 aromatic rings. The van der Waals surface area contributed by atoms with Gasteiger partial charge in [-0.3, -0.25) is 9.59 Å². The first-order valence-corrected chi connectivity index (χ1v) is 25.1. The average molecular weight is 835 g/mol. The Balaban J connectivity index is 4.28. The van der Waals surface area contributed by atoms with Crippen molar-refractivity contribution in [1.82, 2.24) is 0 Å². The van der Waals surface area contributed by atoms with Crippen molar-refractivity contribution in [2.75, 3.05) is 19.8 Å². The molecule has 0 aromatic heterocycles. The summed E-state index contributed by atoms with van der Waals surface area (Å²) in [6.45, 7) is 7.54. The highest BCUT2D eigenvalue weighted by atomic mass is 16.6. The van der Waals surface area contributed by atoms with Crippen molar-refractivity contribution < 1.29 is 23.8 Å². The SMILES string of the molecule is CC/C=C\C/C=C\C/C=C\C/C=C\CCCCCCCCCOCC(COC(=O)CCCCC/C=C\C/C=C\C/C=C\CC)OC(=O)CCCCCCCCCCCCC. The summed E-state index contributed by atoms with van der Waals surface area (Å²) in [5.74, 6) is -0.438. The van der Waals surface area contributed by atoms with E-state index in [2.05, 4.69) is 106 Å². The van der Waals surface area contributed by atoms with Gasteiger partial charge in [0.25, 0.3) is 0 Å². The molecule has 60 heavy (non-hydrogen) atoms. The standard InChI is InChI=1S/C55H94O5/c1-4-7-10-13-16-19-22-24-25-26-27-28-29-30-32-35-38-41-44-47-50-58-51-53(60-55(57)49-46-43-40-37-33-21-18-15-12-9-6-3)52-59-54(56)48-45-42-39-36-34-31-23-20-17-14-11-8-5-2/h7-8,10-11,16-17,19-20,24-25,27-28,31,34,53H,4-6,9,12-15,18,21-23,26,29-30,32-33,35-52H2,1-3H3/b10-7-,11-8-,19-16-,20-17-,25-24-,28-27-,34-31-. The maximum atomic E-state index is 12.8. The second-order valence-corrected chi connectivity index (χ2v) is 16.3. The fourth-order valence-electron chi connectivity index (χ4n) is 6.75. The maximum absolute atomic E-state index is 12.8. The molecule has 0 N–H and O–H groups in total. The molecule has 1 unspecified atom stereocenters. The topological polar surface area (TPSA) is 61.8 Å². The minimum atomic E-state index is -0.554. The molecule has 5 nitrogen and oxygen atoms in total. The number of hydrogen-bond donors (Lipinski definition) is 0. The van der Waals surface area contributed by atoms with E-state index >= 15 is 0 Å². The number of hydrogen-bond acceptors (Lipinski definition) is 5. The smallest absolute Gasteiger partial charge is 0.306 e. The van der Waals surface area contributed by atoms with Crippen molar-refractivity contribution in [3.63, 3.8) is 0 Å². The van der Waals surface area contributed by atoms with Gasteiger partial charge in [-0.25, -0.2) is 0 Å². The summed E-state index contributed by atoms with van der Waals surface area (Å²) in [5, 5.41) is 0. The molecular weight excluding hydrogens is 741 g/mol. The predicted octanol–water partition coefficient (Wildman–Crippen LogP) is 16.9. The van der Waals surface area contributed by atoms with E-state index in [1.807, 2.05) is 0 Å². The molecule has 0 aliphatic heterocycles. The Morgan fingerprint density at radius 2 is 0.750 bits per heavy atom. The summed E-state index contributed by atoms with van der Waals surface area (Å²) in [5.41, 5.74) is 0. The van der Waals surface area contributed by atoms with Crippen LogP contribution in [0.2, 0.25) is 0 Å². The van der Waals surface area contributed by atoms with Crippen LogP contribution in [0.5, 0.6) is 0 Å². The first-order valence-electron chi connectivity index (χ1n) is 25.1. The van der Waals surface area contributed by atoms with Gasteiger partial charge in [0.15, 0.2) is 6.10 Å². The van der Waals surface area contributed by atoms with Crippen molar-refractivity contribution in [1.29, 1.82) is 0 Å². The number of unbranched alkanes of at least 4 members (excludes halogenated alkanes) is 20. The first-order chi connectivity index (χ1) is 29.6. The van der Waals surface area contributed by atoms with Crippen LogP contribution in [0, 0.1) is 0 Å². The Hall–Kier alpha value is -2.92. The molecule has 0 radical (unpaired) electrons. The molecule has 0 bridgehead atoms. The van der Waals surface area contributed by atoms with Gasteiger partial charge in [-0.2, -0.15) is 0 Å². The zero-order valence-electron chi connectivity index (χ0n) is 39.5. The summed E-state index contributed by atoms with van der Waals surface area (Å²) in [7, 11) is 0. The van der Waals surface area contributed by atoms with Crippen LogP contribution in [0.4, 0.5) is 0 Å². The highest BCUT2D eigenvalue weighted by molar-refractivity contribution is 5.70. The Bertz CT molecular complexity index is 1130. The van der Waals surface area contributed by atoms with Crippen LogP contribution < -0.4 is 0 Å². The van der Waals surface area contributed by atoms with Crippen LogP contribution in [0.25, 0.3) is 0 Å². The van der Waals surface area contributed by atoms with Crippen molar-refractivity contribution in [3.05, 3.63) is 85.1 Å². The van der Waals surface area contributed by atoms with Gasteiger partial charge in [0, 0.05) is 19.4 Å². The minimum Gasteiger partial charge on any atom is -0.462 e. The van der Waals surface area contributed by atoms with Crippen molar-refractivity contribution >= 4 is 11.9 Å². The zero-order valence-corrected chi connectivity index (χ0v) is 39.5. The third kappa shape index (κ3) is 47.8. The Morgan fingerprint density at radius 1 is 0.383 bits per heavy atom. The van der Waals surface area contributed by atoms with Gasteiger partial charge < -0.3 is 14.2 Å². The Kier molecular flexibility index (Phi) is 48.0. The lowest BCUT2D eigenvalue weighted by atomic mass is 10.1. The number of esters is 2. The van der Waals surface area contributed by atoms with Gasteiger partial charge in [0.2, 0.25) is 0 Å². The molecular formula is C55H94O5. The van der Waals surface area contributed by atoms with Crippen LogP contribution in [-0.4, -0.2) is 37.9 Å². The van der Waals surface area contributed by atoms with Crippen molar-refractivity contribution in [2.24, 2.45) is 0 Å². The fourth-order valence-corrected chi connectivity index (χ4v) is 6.75. The molecule has 0 spiro atoms. The average Bonchev–Trinajstić information content (AvgIpc) is 3.25. The molecule has 0 saturated carbocycles. The van der Waals surface area contributed by atoms with Gasteiger partial charge in [0.05, 0.1) is 6.61 Å². The number of carbonyl (C=O) groups excluding carboxylic acids is 2. The van der Waals surface area contributed by atoms with E-state index in [1.165, 1.54) is 96.3 Å². The monoisotopic (exact) mass is 835 g/mol. The van der Waals surface area contributed by atoms with E-state index in [1.54, 1.807) is 0 Å². The largest absolute Gasteiger partial charge is 0.462 e. The van der Waals surface area contributed by atoms with E-state index in [-0.39, 0.29) is 25.2 Å². The second kappa shape index (κ2) is 50.4. The zero-order chi connectivity index (χ0) is 43.5. The van der Waals surface area contributed by atoms with Crippen molar-refractivity contribution in [2.45, 2.75) is 232 Å². The van der Waals surface area contributed by atoms with Gasteiger partial charge in [-0.15, -0.1) is 0 Å². The number of allylic oxidation sites excluding steroid dienone is 14. The lowest BCUT2D eigenvalue weighted by Crippen LogP contribution is -2.30. The molecule has 0 heterocycles. The molecule has 0 fully saturated rings. The van der Waals surface area contributed by atoms with Gasteiger partial charge in [-0.1, -0.05) is 209 Å². The first kappa shape index (κ1) is 57.1. The summed E-state index contributed by atoms with van der Waals surface area (Å²) < 4.78 is 17.3. The molecule has 0 saturated heterocycles. The van der Waals surface area contributed by atoms with Gasteiger partial charge in [-0.05, 0) is 89.9 Å². The highest BCUT2D eigenvalue weighted by Crippen LogP contribution is 2.14. The Labute approximate surface area is 371 Å². The van der Waals surface area contributed by atoms with E-state index in [9.17, 15) is 9.59 Å². The third-order valence-electron chi connectivity index (χ3n) is 10.4. The predicted molar refractivity (Wildman–Crippen MR) is 260 cm³/mol.